The number of rotatable bonds is 6. The van der Waals surface area contributed by atoms with Gasteiger partial charge in [-0.25, -0.2) is 0 Å². The van der Waals surface area contributed by atoms with E-state index in [1.54, 1.807) is 0 Å². The molecule has 1 aliphatic rings. The van der Waals surface area contributed by atoms with Gasteiger partial charge in [-0.05, 0) is 30.5 Å². The third kappa shape index (κ3) is 3.88. The first-order valence-corrected chi connectivity index (χ1v) is 10.5. The zero-order chi connectivity index (χ0) is 17.9. The van der Waals surface area contributed by atoms with Gasteiger partial charge in [-0.1, -0.05) is 35.5 Å². The van der Waals surface area contributed by atoms with Crippen LogP contribution in [0.2, 0.25) is 5.02 Å². The van der Waals surface area contributed by atoms with Crippen LogP contribution in [0, 0.1) is 0 Å². The van der Waals surface area contributed by atoms with Crippen molar-refractivity contribution < 1.29 is 9.53 Å². The number of amides is 1. The van der Waals surface area contributed by atoms with Crippen LogP contribution in [0.3, 0.4) is 0 Å². The molecule has 26 heavy (non-hydrogen) atoms. The lowest BCUT2D eigenvalue weighted by Gasteiger charge is -2.10. The number of carbonyl (C=O) groups is 1. The van der Waals surface area contributed by atoms with Crippen molar-refractivity contribution >= 4 is 45.6 Å². The van der Waals surface area contributed by atoms with Crippen molar-refractivity contribution in [3.05, 3.63) is 34.7 Å². The number of fused-ring (bicyclic) bond motifs is 1. The molecule has 6 nitrogen and oxygen atoms in total. The Morgan fingerprint density at radius 2 is 2.23 bits per heavy atom. The van der Waals surface area contributed by atoms with Crippen molar-refractivity contribution in [2.24, 2.45) is 0 Å². The Hall–Kier alpha value is -1.61. The number of thiazole rings is 1. The monoisotopic (exact) mass is 408 g/mol. The van der Waals surface area contributed by atoms with Gasteiger partial charge in [-0.2, -0.15) is 0 Å². The Morgan fingerprint density at radius 1 is 1.38 bits per heavy atom. The van der Waals surface area contributed by atoms with Gasteiger partial charge < -0.3 is 10.1 Å². The molecule has 1 aromatic carbocycles. The number of nitrogens with zero attached hydrogens (tertiary/aromatic N) is 3. The summed E-state index contributed by atoms with van der Waals surface area (Å²) in [6.45, 7) is 1.36. The van der Waals surface area contributed by atoms with E-state index in [0.717, 1.165) is 35.7 Å². The van der Waals surface area contributed by atoms with Gasteiger partial charge in [0.25, 0.3) is 0 Å². The number of hydrogen-bond donors (Lipinski definition) is 1. The number of thioether (sulfide) groups is 1. The van der Waals surface area contributed by atoms with Crippen molar-refractivity contribution in [3.8, 4) is 11.3 Å². The Morgan fingerprint density at radius 3 is 3.00 bits per heavy atom. The Bertz CT molecular complexity index is 903. The first-order valence-electron chi connectivity index (χ1n) is 8.30. The average molecular weight is 409 g/mol. The van der Waals surface area contributed by atoms with Crippen molar-refractivity contribution in [1.29, 1.82) is 0 Å². The van der Waals surface area contributed by atoms with Crippen LogP contribution < -0.4 is 5.32 Å². The molecule has 0 radical (unpaired) electrons. The first-order chi connectivity index (χ1) is 12.7. The summed E-state index contributed by atoms with van der Waals surface area (Å²) in [5, 5.41) is 14.8. The van der Waals surface area contributed by atoms with E-state index >= 15 is 0 Å². The molecule has 136 valence electrons. The second-order valence-corrected chi connectivity index (χ2v) is 8.17. The molecule has 0 bridgehead atoms. The highest BCUT2D eigenvalue weighted by Gasteiger charge is 2.18. The lowest BCUT2D eigenvalue weighted by molar-refractivity contribution is -0.119. The van der Waals surface area contributed by atoms with Crippen LogP contribution in [0.4, 0.5) is 0 Å². The highest BCUT2D eigenvalue weighted by Crippen LogP contribution is 2.30. The molecule has 2 aromatic heterocycles. The zero-order valence-electron chi connectivity index (χ0n) is 13.9. The van der Waals surface area contributed by atoms with Gasteiger partial charge in [0.2, 0.25) is 10.9 Å². The van der Waals surface area contributed by atoms with E-state index in [-0.39, 0.29) is 12.0 Å². The number of benzene rings is 1. The molecule has 1 atom stereocenters. The summed E-state index contributed by atoms with van der Waals surface area (Å²) in [4.78, 5) is 12.9. The van der Waals surface area contributed by atoms with Crippen molar-refractivity contribution in [3.63, 3.8) is 0 Å². The minimum Gasteiger partial charge on any atom is -0.376 e. The molecule has 0 spiro atoms. The fraction of sp³-hybridized carbons (Fsp3) is 0.353. The van der Waals surface area contributed by atoms with Gasteiger partial charge in [0.15, 0.2) is 5.16 Å². The summed E-state index contributed by atoms with van der Waals surface area (Å²) in [7, 11) is 0. The summed E-state index contributed by atoms with van der Waals surface area (Å²) in [5.41, 5.74) is 2.03. The maximum Gasteiger partial charge on any atom is 0.230 e. The molecule has 0 aliphatic carbocycles. The Balaban J connectivity index is 1.44. The van der Waals surface area contributed by atoms with Crippen molar-refractivity contribution in [2.75, 3.05) is 18.9 Å². The number of carbonyl (C=O) groups excluding carboxylic acids is 1. The van der Waals surface area contributed by atoms with E-state index in [0.29, 0.717) is 22.5 Å². The molecule has 3 aromatic rings. The molecule has 1 N–H and O–H groups in total. The zero-order valence-corrected chi connectivity index (χ0v) is 16.2. The average Bonchev–Trinajstić information content (AvgIpc) is 3.37. The number of halogens is 1. The molecule has 1 fully saturated rings. The quantitative estimate of drug-likeness (QED) is 0.632. The maximum absolute atomic E-state index is 12.1. The number of aromatic nitrogens is 3. The van der Waals surface area contributed by atoms with E-state index in [2.05, 4.69) is 15.5 Å². The smallest absolute Gasteiger partial charge is 0.230 e. The van der Waals surface area contributed by atoms with Crippen molar-refractivity contribution in [2.45, 2.75) is 24.1 Å². The molecular formula is C17H17ClN4O2S2. The van der Waals surface area contributed by atoms with E-state index in [4.69, 9.17) is 16.3 Å². The third-order valence-corrected chi connectivity index (χ3v) is 6.14. The topological polar surface area (TPSA) is 68.5 Å². The molecule has 1 aliphatic heterocycles. The lowest BCUT2D eigenvalue weighted by atomic mass is 10.2. The summed E-state index contributed by atoms with van der Waals surface area (Å²) in [5.74, 6) is 0.272. The molecule has 0 saturated carbocycles. The van der Waals surface area contributed by atoms with E-state index < -0.39 is 0 Å². The van der Waals surface area contributed by atoms with Gasteiger partial charge in [0.1, 0.15) is 0 Å². The number of hydrogen-bond acceptors (Lipinski definition) is 6. The second-order valence-electron chi connectivity index (χ2n) is 5.96. The van der Waals surface area contributed by atoms with Crippen LogP contribution >= 0.6 is 34.7 Å². The van der Waals surface area contributed by atoms with Crippen molar-refractivity contribution in [1.82, 2.24) is 19.9 Å². The van der Waals surface area contributed by atoms with Crippen LogP contribution in [0.15, 0.2) is 34.8 Å². The van der Waals surface area contributed by atoms with Crippen LogP contribution in [-0.4, -0.2) is 45.5 Å². The largest absolute Gasteiger partial charge is 0.376 e. The highest BCUT2D eigenvalue weighted by molar-refractivity contribution is 7.99. The molecule has 9 heteroatoms. The fourth-order valence-electron chi connectivity index (χ4n) is 2.83. The predicted molar refractivity (Wildman–Crippen MR) is 104 cm³/mol. The summed E-state index contributed by atoms with van der Waals surface area (Å²) < 4.78 is 7.50. The van der Waals surface area contributed by atoms with Gasteiger partial charge in [0.05, 0.1) is 17.6 Å². The van der Waals surface area contributed by atoms with Gasteiger partial charge >= 0.3 is 0 Å². The number of ether oxygens (including phenoxy) is 1. The van der Waals surface area contributed by atoms with Crippen LogP contribution in [0.1, 0.15) is 12.8 Å². The van der Waals surface area contributed by atoms with Gasteiger partial charge in [-0.3, -0.25) is 9.20 Å². The lowest BCUT2D eigenvalue weighted by Crippen LogP contribution is -2.32. The third-order valence-electron chi connectivity index (χ3n) is 4.14. The maximum atomic E-state index is 12.1. The highest BCUT2D eigenvalue weighted by atomic mass is 35.5. The number of nitrogens with one attached hydrogen (secondary N) is 1. The fourth-order valence-corrected chi connectivity index (χ4v) is 4.62. The van der Waals surface area contributed by atoms with Gasteiger partial charge in [-0.15, -0.1) is 21.5 Å². The molecule has 3 heterocycles. The minimum absolute atomic E-state index is 0.0227. The second kappa shape index (κ2) is 7.96. The van der Waals surface area contributed by atoms with E-state index in [1.165, 1.54) is 23.1 Å². The van der Waals surface area contributed by atoms with E-state index in [1.807, 2.05) is 34.0 Å². The van der Waals surface area contributed by atoms with Crippen LogP contribution in [0.25, 0.3) is 16.2 Å². The molecule has 1 saturated heterocycles. The molecule has 4 rings (SSSR count). The van der Waals surface area contributed by atoms with Gasteiger partial charge in [0, 0.05) is 23.6 Å². The normalized spacial score (nSPS) is 17.0. The summed E-state index contributed by atoms with van der Waals surface area (Å²) in [6, 6.07) is 7.64. The Labute approximate surface area is 163 Å². The molecule has 1 amide bonds. The molecule has 0 unspecified atom stereocenters. The molecular weight excluding hydrogens is 392 g/mol. The van der Waals surface area contributed by atoms with Crippen LogP contribution in [0.5, 0.6) is 0 Å². The SMILES string of the molecule is O=C(CSc1nnc2scc(-c3ccc(Cl)cc3)n12)NC[C@@H]1CCCO1. The van der Waals surface area contributed by atoms with Crippen LogP contribution in [-0.2, 0) is 9.53 Å². The van der Waals surface area contributed by atoms with E-state index in [9.17, 15) is 4.79 Å². The summed E-state index contributed by atoms with van der Waals surface area (Å²) in [6.07, 6.45) is 2.23. The summed E-state index contributed by atoms with van der Waals surface area (Å²) >= 11 is 8.88. The minimum atomic E-state index is -0.0227. The predicted octanol–water partition coefficient (Wildman–Crippen LogP) is 3.50. The first kappa shape index (κ1) is 17.8. The Kier molecular flexibility index (Phi) is 5.44. The standard InChI is InChI=1S/C17H17ClN4O2S2/c18-12-5-3-11(4-6-12)14-9-25-16-20-21-17(22(14)16)26-10-15(23)19-8-13-2-1-7-24-13/h3-6,9,13H,1-2,7-8,10H2,(H,19,23)/t13-/m0/s1.